The highest BCUT2D eigenvalue weighted by Gasteiger charge is 2.16. The van der Waals surface area contributed by atoms with Gasteiger partial charge in [0.2, 0.25) is 0 Å². The lowest BCUT2D eigenvalue weighted by atomic mass is 10.1. The Bertz CT molecular complexity index is 888. The van der Waals surface area contributed by atoms with Gasteiger partial charge in [-0.3, -0.25) is 14.4 Å². The van der Waals surface area contributed by atoms with E-state index in [-0.39, 0.29) is 12.3 Å². The molecule has 2 heterocycles. The lowest BCUT2D eigenvalue weighted by Crippen LogP contribution is -2.27. The summed E-state index contributed by atoms with van der Waals surface area (Å²) in [5.74, 6) is 0.233. The van der Waals surface area contributed by atoms with Gasteiger partial charge in [0.1, 0.15) is 17.2 Å². The molecule has 0 atom stereocenters. The van der Waals surface area contributed by atoms with Crippen molar-refractivity contribution in [3.8, 4) is 5.75 Å². The summed E-state index contributed by atoms with van der Waals surface area (Å²) in [6.45, 7) is 2.02. The van der Waals surface area contributed by atoms with Crippen LogP contribution in [0.1, 0.15) is 25.5 Å². The quantitative estimate of drug-likeness (QED) is 0.411. The fraction of sp³-hybridized carbons (Fsp3) is 0.294. The van der Waals surface area contributed by atoms with Gasteiger partial charge in [-0.15, -0.1) is 0 Å². The number of aryl methyl sites for hydroxylation is 1. The Hall–Kier alpha value is -2.80. The van der Waals surface area contributed by atoms with E-state index >= 15 is 0 Å². The second-order valence-electron chi connectivity index (χ2n) is 5.64. The number of phenols is 1. The SMILES string of the molecule is CCCCc1c(NCC(=O)NO)nc2ccc3cccc(O)c3n12. The van der Waals surface area contributed by atoms with Crippen LogP contribution in [0.2, 0.25) is 0 Å². The number of aromatic hydroxyl groups is 1. The number of hydrogen-bond donors (Lipinski definition) is 4. The number of carbonyl (C=O) groups excluding carboxylic acids is 1. The number of hydroxylamine groups is 1. The van der Waals surface area contributed by atoms with Gasteiger partial charge in [-0.25, -0.2) is 10.5 Å². The Morgan fingerprint density at radius 3 is 2.88 bits per heavy atom. The second kappa shape index (κ2) is 6.76. The number of carbonyl (C=O) groups is 1. The van der Waals surface area contributed by atoms with E-state index in [1.54, 1.807) is 17.6 Å². The lowest BCUT2D eigenvalue weighted by Gasteiger charge is -2.09. The molecule has 0 fully saturated rings. The van der Waals surface area contributed by atoms with Crippen LogP contribution in [-0.2, 0) is 11.2 Å². The van der Waals surface area contributed by atoms with Crippen LogP contribution in [0.5, 0.6) is 5.75 Å². The highest BCUT2D eigenvalue weighted by atomic mass is 16.5. The second-order valence-corrected chi connectivity index (χ2v) is 5.64. The molecule has 0 aliphatic rings. The Morgan fingerprint density at radius 2 is 2.12 bits per heavy atom. The number of anilines is 1. The van der Waals surface area contributed by atoms with E-state index in [4.69, 9.17) is 5.21 Å². The molecule has 0 bridgehead atoms. The largest absolute Gasteiger partial charge is 0.506 e. The van der Waals surface area contributed by atoms with Crippen molar-refractivity contribution in [2.45, 2.75) is 26.2 Å². The van der Waals surface area contributed by atoms with Crippen LogP contribution in [0, 0.1) is 0 Å². The number of phenolic OH excluding ortho intramolecular Hbond substituents is 1. The molecule has 2 aromatic heterocycles. The van der Waals surface area contributed by atoms with Gasteiger partial charge in [-0.1, -0.05) is 25.5 Å². The predicted octanol–water partition coefficient (Wildman–Crippen LogP) is 2.45. The van der Waals surface area contributed by atoms with Crippen molar-refractivity contribution in [3.05, 3.63) is 36.0 Å². The van der Waals surface area contributed by atoms with Crippen LogP contribution in [0.25, 0.3) is 16.6 Å². The molecule has 1 amide bonds. The van der Waals surface area contributed by atoms with Gasteiger partial charge >= 0.3 is 0 Å². The third-order valence-electron chi connectivity index (χ3n) is 3.99. The van der Waals surface area contributed by atoms with E-state index in [1.807, 2.05) is 22.6 Å². The van der Waals surface area contributed by atoms with E-state index in [9.17, 15) is 9.90 Å². The average Bonchev–Trinajstić information content (AvgIpc) is 2.95. The standard InChI is InChI=1S/C17H20N4O3/c1-2-3-6-12-17(18-10-15(23)20-24)19-14-9-8-11-5-4-7-13(22)16(11)21(12)14/h4-5,7-9,18,22,24H,2-3,6,10H2,1H3,(H,20,23). The maximum atomic E-state index is 11.3. The molecule has 0 unspecified atom stereocenters. The predicted molar refractivity (Wildman–Crippen MR) is 91.4 cm³/mol. The van der Waals surface area contributed by atoms with Crippen LogP contribution >= 0.6 is 0 Å². The number of benzene rings is 1. The van der Waals surface area contributed by atoms with Crippen LogP contribution < -0.4 is 10.8 Å². The Kier molecular flexibility index (Phi) is 4.52. The average molecular weight is 328 g/mol. The van der Waals surface area contributed by atoms with E-state index in [2.05, 4.69) is 17.2 Å². The summed E-state index contributed by atoms with van der Waals surface area (Å²) in [4.78, 5) is 15.8. The molecule has 1 aromatic carbocycles. The zero-order chi connectivity index (χ0) is 17.1. The molecule has 4 N–H and O–H groups in total. The number of imidazole rings is 1. The van der Waals surface area contributed by atoms with E-state index in [1.165, 1.54) is 0 Å². The van der Waals surface area contributed by atoms with Gasteiger partial charge in [0, 0.05) is 5.39 Å². The molecular weight excluding hydrogens is 308 g/mol. The minimum atomic E-state index is -0.541. The first-order valence-corrected chi connectivity index (χ1v) is 7.94. The summed E-state index contributed by atoms with van der Waals surface area (Å²) in [6, 6.07) is 9.18. The molecule has 3 aromatic rings. The first-order chi connectivity index (χ1) is 11.7. The lowest BCUT2D eigenvalue weighted by molar-refractivity contribution is -0.127. The van der Waals surface area contributed by atoms with E-state index in [0.717, 1.165) is 30.3 Å². The fourth-order valence-electron chi connectivity index (χ4n) is 2.85. The van der Waals surface area contributed by atoms with Crippen LogP contribution in [0.4, 0.5) is 5.82 Å². The Labute approximate surface area is 138 Å². The highest BCUT2D eigenvalue weighted by Crippen LogP contribution is 2.30. The number of amides is 1. The number of pyridine rings is 1. The molecule has 0 aliphatic heterocycles. The number of hydrogen-bond acceptors (Lipinski definition) is 5. The minimum absolute atomic E-state index is 0.0799. The highest BCUT2D eigenvalue weighted by molar-refractivity contribution is 5.88. The number of para-hydroxylation sites is 1. The van der Waals surface area contributed by atoms with Crippen molar-refractivity contribution in [1.29, 1.82) is 0 Å². The van der Waals surface area contributed by atoms with Crippen molar-refractivity contribution in [2.75, 3.05) is 11.9 Å². The van der Waals surface area contributed by atoms with E-state index < -0.39 is 5.91 Å². The maximum Gasteiger partial charge on any atom is 0.262 e. The van der Waals surface area contributed by atoms with Gasteiger partial charge in [-0.2, -0.15) is 0 Å². The van der Waals surface area contributed by atoms with Crippen LogP contribution in [-0.4, -0.2) is 32.2 Å². The van der Waals surface area contributed by atoms with Gasteiger partial charge in [0.25, 0.3) is 5.91 Å². The molecular formula is C17H20N4O3. The number of unbranched alkanes of at least 4 members (excludes halogenated alkanes) is 1. The van der Waals surface area contributed by atoms with Crippen LogP contribution in [0.15, 0.2) is 30.3 Å². The molecule has 0 saturated heterocycles. The summed E-state index contributed by atoms with van der Waals surface area (Å²) >= 11 is 0. The zero-order valence-corrected chi connectivity index (χ0v) is 13.4. The summed E-state index contributed by atoms with van der Waals surface area (Å²) in [7, 11) is 0. The van der Waals surface area contributed by atoms with Crippen molar-refractivity contribution in [3.63, 3.8) is 0 Å². The number of rotatable bonds is 6. The molecule has 0 aliphatic carbocycles. The maximum absolute atomic E-state index is 11.3. The Morgan fingerprint density at radius 1 is 1.29 bits per heavy atom. The molecule has 3 rings (SSSR count). The van der Waals surface area contributed by atoms with Gasteiger partial charge < -0.3 is 10.4 Å². The fourth-order valence-corrected chi connectivity index (χ4v) is 2.85. The van der Waals surface area contributed by atoms with Crippen molar-refractivity contribution < 1.29 is 15.1 Å². The molecule has 7 heteroatoms. The number of aromatic nitrogens is 2. The number of nitrogens with one attached hydrogen (secondary N) is 2. The molecule has 0 spiro atoms. The molecule has 126 valence electrons. The topological polar surface area (TPSA) is 98.9 Å². The monoisotopic (exact) mass is 328 g/mol. The summed E-state index contributed by atoms with van der Waals surface area (Å²) in [5, 5.41) is 22.8. The van der Waals surface area contributed by atoms with Crippen molar-refractivity contribution >= 4 is 28.3 Å². The van der Waals surface area contributed by atoms with Crippen molar-refractivity contribution in [2.24, 2.45) is 0 Å². The number of nitrogens with zero attached hydrogens (tertiary/aromatic N) is 2. The third-order valence-corrected chi connectivity index (χ3v) is 3.99. The summed E-state index contributed by atoms with van der Waals surface area (Å²) < 4.78 is 1.93. The molecule has 24 heavy (non-hydrogen) atoms. The smallest absolute Gasteiger partial charge is 0.262 e. The molecule has 0 radical (unpaired) electrons. The van der Waals surface area contributed by atoms with Gasteiger partial charge in [0.15, 0.2) is 0 Å². The molecule has 0 saturated carbocycles. The summed E-state index contributed by atoms with van der Waals surface area (Å²) in [5.41, 5.74) is 3.90. The molecule has 7 nitrogen and oxygen atoms in total. The van der Waals surface area contributed by atoms with Crippen molar-refractivity contribution in [1.82, 2.24) is 14.9 Å². The van der Waals surface area contributed by atoms with Gasteiger partial charge in [-0.05, 0) is 31.0 Å². The number of fused-ring (bicyclic) bond motifs is 3. The summed E-state index contributed by atoms with van der Waals surface area (Å²) in [6.07, 6.45) is 2.73. The normalized spacial score (nSPS) is 11.1. The third kappa shape index (κ3) is 2.85. The first kappa shape index (κ1) is 16.1. The van der Waals surface area contributed by atoms with Gasteiger partial charge in [0.05, 0.1) is 17.8 Å². The first-order valence-electron chi connectivity index (χ1n) is 7.94. The Balaban J connectivity index is 2.17. The zero-order valence-electron chi connectivity index (χ0n) is 13.4. The van der Waals surface area contributed by atoms with Crippen LogP contribution in [0.3, 0.4) is 0 Å². The minimum Gasteiger partial charge on any atom is -0.506 e. The van der Waals surface area contributed by atoms with E-state index in [0.29, 0.717) is 17.0 Å².